The van der Waals surface area contributed by atoms with Crippen LogP contribution >= 0.6 is 0 Å². The van der Waals surface area contributed by atoms with Crippen molar-refractivity contribution in [1.29, 1.82) is 0 Å². The summed E-state index contributed by atoms with van der Waals surface area (Å²) < 4.78 is 12.6. The summed E-state index contributed by atoms with van der Waals surface area (Å²) in [4.78, 5) is 14.8. The first-order chi connectivity index (χ1) is 19.8. The van der Waals surface area contributed by atoms with Gasteiger partial charge in [0.05, 0.1) is 11.4 Å². The fraction of sp³-hybridized carbons (Fsp3) is 0. The predicted octanol–water partition coefficient (Wildman–Crippen LogP) is 9.19. The Balaban J connectivity index is 1.42. The van der Waals surface area contributed by atoms with Crippen molar-refractivity contribution in [2.75, 3.05) is 0 Å². The molecule has 0 amide bonds. The summed E-state index contributed by atoms with van der Waals surface area (Å²) in [5.74, 6) is 1.22. The van der Waals surface area contributed by atoms with Gasteiger partial charge in [0.2, 0.25) is 5.89 Å². The van der Waals surface area contributed by atoms with Crippen LogP contribution in [0.15, 0.2) is 136 Å². The third-order valence-corrected chi connectivity index (χ3v) is 7.15. The zero-order valence-corrected chi connectivity index (χ0v) is 21.3. The van der Waals surface area contributed by atoms with Gasteiger partial charge in [-0.05, 0) is 36.4 Å². The van der Waals surface area contributed by atoms with E-state index in [1.165, 1.54) is 0 Å². The molecule has 5 heteroatoms. The maximum absolute atomic E-state index is 6.37. The number of hydrogen-bond acceptors (Lipinski definition) is 5. The molecule has 3 aromatic heterocycles. The average molecular weight is 516 g/mol. The zero-order chi connectivity index (χ0) is 26.5. The van der Waals surface area contributed by atoms with Crippen LogP contribution < -0.4 is 0 Å². The molecule has 0 radical (unpaired) electrons. The molecule has 5 nitrogen and oxygen atoms in total. The predicted molar refractivity (Wildman–Crippen MR) is 159 cm³/mol. The molecule has 188 valence electrons. The molecule has 8 aromatic rings. The largest absolute Gasteiger partial charge is 0.456 e. The van der Waals surface area contributed by atoms with Crippen LogP contribution in [0.25, 0.3) is 78.4 Å². The van der Waals surface area contributed by atoms with Crippen LogP contribution in [0.1, 0.15) is 0 Å². The Labute approximate surface area is 229 Å². The number of fused-ring (bicyclic) bond motifs is 4. The van der Waals surface area contributed by atoms with E-state index in [-0.39, 0.29) is 0 Å². The first-order valence-electron chi connectivity index (χ1n) is 13.1. The van der Waals surface area contributed by atoms with Crippen LogP contribution in [-0.4, -0.2) is 15.0 Å². The lowest BCUT2D eigenvalue weighted by atomic mass is 9.99. The number of rotatable bonds is 4. The van der Waals surface area contributed by atoms with Gasteiger partial charge in [0, 0.05) is 33.0 Å². The molecular weight excluding hydrogens is 494 g/mol. The third kappa shape index (κ3) is 3.68. The summed E-state index contributed by atoms with van der Waals surface area (Å²) >= 11 is 0. The maximum Gasteiger partial charge on any atom is 0.228 e. The molecule has 0 N–H and O–H groups in total. The van der Waals surface area contributed by atoms with Crippen LogP contribution in [0.3, 0.4) is 0 Å². The minimum Gasteiger partial charge on any atom is -0.456 e. The Morgan fingerprint density at radius 2 is 1.02 bits per heavy atom. The van der Waals surface area contributed by atoms with Gasteiger partial charge >= 0.3 is 0 Å². The number of nitrogens with zero attached hydrogens (tertiary/aromatic N) is 3. The molecule has 0 atom stereocenters. The average Bonchev–Trinajstić information content (AvgIpc) is 3.63. The van der Waals surface area contributed by atoms with E-state index in [9.17, 15) is 0 Å². The maximum atomic E-state index is 6.37. The monoisotopic (exact) mass is 515 g/mol. The molecule has 0 fully saturated rings. The van der Waals surface area contributed by atoms with Crippen molar-refractivity contribution in [3.63, 3.8) is 0 Å². The lowest BCUT2D eigenvalue weighted by Crippen LogP contribution is -1.96. The van der Waals surface area contributed by atoms with Gasteiger partial charge in [-0.15, -0.1) is 0 Å². The molecule has 0 aliphatic heterocycles. The molecule has 0 spiro atoms. The SMILES string of the molecule is c1ccc(-c2cc(-c3cccc4oc5cccc(-c6nc7ccccc7o6)c5c34)nc(-c3ccccc3)n2)cc1. The van der Waals surface area contributed by atoms with Gasteiger partial charge in [0.1, 0.15) is 16.7 Å². The molecule has 3 heterocycles. The Morgan fingerprint density at radius 3 is 1.77 bits per heavy atom. The van der Waals surface area contributed by atoms with E-state index in [4.69, 9.17) is 23.8 Å². The Bertz CT molecular complexity index is 2070. The Hall–Kier alpha value is -5.55. The van der Waals surface area contributed by atoms with Gasteiger partial charge in [-0.2, -0.15) is 0 Å². The van der Waals surface area contributed by atoms with Crippen LogP contribution in [0, 0.1) is 0 Å². The van der Waals surface area contributed by atoms with E-state index in [0.717, 1.165) is 66.7 Å². The van der Waals surface area contributed by atoms with E-state index in [1.54, 1.807) is 0 Å². The fourth-order valence-electron chi connectivity index (χ4n) is 5.30. The summed E-state index contributed by atoms with van der Waals surface area (Å²) in [6.45, 7) is 0. The van der Waals surface area contributed by atoms with Gasteiger partial charge in [-0.3, -0.25) is 0 Å². The van der Waals surface area contributed by atoms with Gasteiger partial charge in [-0.1, -0.05) is 91.0 Å². The molecule has 0 saturated carbocycles. The van der Waals surface area contributed by atoms with Crippen molar-refractivity contribution in [1.82, 2.24) is 15.0 Å². The molecule has 0 saturated heterocycles. The first kappa shape index (κ1) is 22.4. The normalized spacial score (nSPS) is 11.5. The van der Waals surface area contributed by atoms with Crippen molar-refractivity contribution in [3.05, 3.63) is 127 Å². The lowest BCUT2D eigenvalue weighted by Gasteiger charge is -2.10. The zero-order valence-electron chi connectivity index (χ0n) is 21.3. The second-order valence-corrected chi connectivity index (χ2v) is 9.64. The molecule has 0 aliphatic carbocycles. The van der Waals surface area contributed by atoms with Gasteiger partial charge < -0.3 is 8.83 Å². The van der Waals surface area contributed by atoms with Crippen molar-refractivity contribution in [2.45, 2.75) is 0 Å². The van der Waals surface area contributed by atoms with Crippen LogP contribution in [-0.2, 0) is 0 Å². The summed E-state index contributed by atoms with van der Waals surface area (Å²) in [7, 11) is 0. The number of benzene rings is 5. The highest BCUT2D eigenvalue weighted by molar-refractivity contribution is 6.17. The third-order valence-electron chi connectivity index (χ3n) is 7.15. The van der Waals surface area contributed by atoms with Crippen molar-refractivity contribution >= 4 is 33.0 Å². The summed E-state index contributed by atoms with van der Waals surface area (Å²) in [6.07, 6.45) is 0. The van der Waals surface area contributed by atoms with Crippen LogP contribution in [0.4, 0.5) is 0 Å². The van der Waals surface area contributed by atoms with Crippen LogP contribution in [0.5, 0.6) is 0 Å². The number of hydrogen-bond donors (Lipinski definition) is 0. The van der Waals surface area contributed by atoms with E-state index in [1.807, 2.05) is 103 Å². The van der Waals surface area contributed by atoms with Crippen molar-refractivity contribution < 1.29 is 8.83 Å². The summed E-state index contributed by atoms with van der Waals surface area (Å²) in [5, 5.41) is 1.91. The molecule has 8 rings (SSSR count). The number of oxazole rings is 1. The molecule has 0 unspecified atom stereocenters. The Kier molecular flexibility index (Phi) is 5.07. The standard InChI is InChI=1S/C35H21N3O2/c1-3-11-22(12-4-1)27-21-28(37-34(36-27)23-13-5-2-6-14-23)24-15-9-19-30-32(24)33-25(16-10-20-31(33)39-30)35-38-26-17-7-8-18-29(26)40-35/h1-21H. The molecule has 40 heavy (non-hydrogen) atoms. The van der Waals surface area contributed by atoms with E-state index >= 15 is 0 Å². The molecule has 0 aliphatic rings. The fourth-order valence-corrected chi connectivity index (χ4v) is 5.30. The molecular formula is C35H21N3O2. The topological polar surface area (TPSA) is 65.0 Å². The number of furan rings is 1. The van der Waals surface area contributed by atoms with Crippen molar-refractivity contribution in [2.24, 2.45) is 0 Å². The minimum atomic E-state index is 0.557. The summed E-state index contributed by atoms with van der Waals surface area (Å²) in [5.41, 5.74) is 8.59. The highest BCUT2D eigenvalue weighted by Crippen LogP contribution is 2.42. The minimum absolute atomic E-state index is 0.557. The molecule has 0 bridgehead atoms. The first-order valence-corrected chi connectivity index (χ1v) is 13.1. The van der Waals surface area contributed by atoms with Crippen LogP contribution in [0.2, 0.25) is 0 Å². The Morgan fingerprint density at radius 1 is 0.425 bits per heavy atom. The highest BCUT2D eigenvalue weighted by atomic mass is 16.3. The van der Waals surface area contributed by atoms with Gasteiger partial charge in [0.25, 0.3) is 0 Å². The second-order valence-electron chi connectivity index (χ2n) is 9.64. The van der Waals surface area contributed by atoms with Gasteiger partial charge in [0.15, 0.2) is 11.4 Å². The highest BCUT2D eigenvalue weighted by Gasteiger charge is 2.21. The lowest BCUT2D eigenvalue weighted by molar-refractivity contribution is 0.620. The van der Waals surface area contributed by atoms with Crippen molar-refractivity contribution in [3.8, 4) is 45.4 Å². The number of aromatic nitrogens is 3. The van der Waals surface area contributed by atoms with E-state index in [2.05, 4.69) is 24.3 Å². The van der Waals surface area contributed by atoms with E-state index in [0.29, 0.717) is 11.7 Å². The summed E-state index contributed by atoms with van der Waals surface area (Å²) in [6, 6.07) is 42.2. The quantitative estimate of drug-likeness (QED) is 0.234. The second kappa shape index (κ2) is 9.03. The number of para-hydroxylation sites is 2. The molecule has 5 aromatic carbocycles. The van der Waals surface area contributed by atoms with Gasteiger partial charge in [-0.25, -0.2) is 15.0 Å². The smallest absolute Gasteiger partial charge is 0.228 e. The van der Waals surface area contributed by atoms with E-state index < -0.39 is 0 Å².